The Kier molecular flexibility index (Phi) is 6.27. The van der Waals surface area contributed by atoms with Gasteiger partial charge < -0.3 is 15.4 Å². The monoisotopic (exact) mass is 383 g/mol. The first kappa shape index (κ1) is 19.1. The lowest BCUT2D eigenvalue weighted by Gasteiger charge is -2.19. The van der Waals surface area contributed by atoms with E-state index in [-0.39, 0.29) is 5.91 Å². The molecule has 5 nitrogen and oxygen atoms in total. The molecule has 0 fully saturated rings. The van der Waals surface area contributed by atoms with Gasteiger partial charge in [-0.2, -0.15) is 0 Å². The fourth-order valence-corrected chi connectivity index (χ4v) is 3.13. The van der Waals surface area contributed by atoms with Crippen molar-refractivity contribution in [2.75, 3.05) is 20.2 Å². The van der Waals surface area contributed by atoms with Crippen LogP contribution in [0.15, 0.2) is 54.9 Å². The third kappa shape index (κ3) is 4.56. The molecule has 140 valence electrons. The molecule has 0 radical (unpaired) electrons. The van der Waals surface area contributed by atoms with Crippen molar-refractivity contribution in [1.82, 2.24) is 9.88 Å². The first-order valence-electron chi connectivity index (χ1n) is 8.79. The van der Waals surface area contributed by atoms with Gasteiger partial charge >= 0.3 is 0 Å². The number of benzene rings is 2. The van der Waals surface area contributed by atoms with Crippen molar-refractivity contribution in [1.29, 1.82) is 0 Å². The molecule has 2 aromatic carbocycles. The number of nitrogens with two attached hydrogens (primary N) is 1. The van der Waals surface area contributed by atoms with Gasteiger partial charge in [-0.1, -0.05) is 29.8 Å². The molecule has 0 aliphatic heterocycles. The van der Waals surface area contributed by atoms with Gasteiger partial charge in [0.25, 0.3) is 5.91 Å². The molecule has 0 aliphatic rings. The number of hydrogen-bond acceptors (Lipinski definition) is 4. The zero-order chi connectivity index (χ0) is 19.2. The summed E-state index contributed by atoms with van der Waals surface area (Å²) in [6.45, 7) is 1.55. The average molecular weight is 384 g/mol. The third-order valence-electron chi connectivity index (χ3n) is 4.31. The normalized spacial score (nSPS) is 10.8. The predicted molar refractivity (Wildman–Crippen MR) is 108 cm³/mol. The Bertz CT molecular complexity index is 940. The molecule has 0 saturated carbocycles. The van der Waals surface area contributed by atoms with Crippen molar-refractivity contribution >= 4 is 28.3 Å². The molecule has 0 spiro atoms. The second-order valence-corrected chi connectivity index (χ2v) is 6.72. The van der Waals surface area contributed by atoms with Gasteiger partial charge in [0, 0.05) is 36.9 Å². The molecule has 0 unspecified atom stereocenters. The molecule has 0 bridgehead atoms. The van der Waals surface area contributed by atoms with E-state index in [1.807, 2.05) is 30.5 Å². The molecule has 6 heteroatoms. The van der Waals surface area contributed by atoms with Crippen LogP contribution in [-0.4, -0.2) is 36.0 Å². The zero-order valence-electron chi connectivity index (χ0n) is 15.2. The average Bonchev–Trinajstić information content (AvgIpc) is 2.69. The molecule has 0 saturated heterocycles. The lowest BCUT2D eigenvalue weighted by molar-refractivity contribution is 0.0785. The van der Waals surface area contributed by atoms with Crippen LogP contribution < -0.4 is 10.5 Å². The summed E-state index contributed by atoms with van der Waals surface area (Å²) >= 11 is 6.26. The van der Waals surface area contributed by atoms with Crippen molar-refractivity contribution in [3.63, 3.8) is 0 Å². The summed E-state index contributed by atoms with van der Waals surface area (Å²) in [6.07, 6.45) is 4.33. The summed E-state index contributed by atoms with van der Waals surface area (Å²) in [7, 11) is 1.78. The maximum Gasteiger partial charge on any atom is 0.253 e. The number of rotatable bonds is 7. The predicted octanol–water partition coefficient (Wildman–Crippen LogP) is 3.89. The quantitative estimate of drug-likeness (QED) is 0.628. The Balaban J connectivity index is 1.74. The van der Waals surface area contributed by atoms with Gasteiger partial charge in [-0.3, -0.25) is 9.78 Å². The smallest absolute Gasteiger partial charge is 0.253 e. The van der Waals surface area contributed by atoms with Gasteiger partial charge in [0.05, 0.1) is 11.6 Å². The molecule has 1 heterocycles. The highest BCUT2D eigenvalue weighted by atomic mass is 35.5. The molecule has 0 atom stereocenters. The van der Waals surface area contributed by atoms with Crippen LogP contribution in [-0.2, 0) is 6.54 Å². The molecule has 1 amide bonds. The van der Waals surface area contributed by atoms with Crippen molar-refractivity contribution in [3.05, 3.63) is 71.0 Å². The Labute approximate surface area is 163 Å². The highest BCUT2D eigenvalue weighted by molar-refractivity contribution is 6.32. The third-order valence-corrected chi connectivity index (χ3v) is 4.61. The van der Waals surface area contributed by atoms with Gasteiger partial charge in [-0.05, 0) is 48.2 Å². The summed E-state index contributed by atoms with van der Waals surface area (Å²) in [4.78, 5) is 18.6. The highest BCUT2D eigenvalue weighted by Crippen LogP contribution is 2.26. The lowest BCUT2D eigenvalue weighted by atomic mass is 10.1. The number of halogens is 1. The fraction of sp³-hybridized carbons (Fsp3) is 0.238. The Morgan fingerprint density at radius 1 is 1.26 bits per heavy atom. The Morgan fingerprint density at radius 3 is 2.89 bits per heavy atom. The number of carbonyl (C=O) groups is 1. The fourth-order valence-electron chi connectivity index (χ4n) is 2.89. The van der Waals surface area contributed by atoms with Crippen LogP contribution in [0.5, 0.6) is 5.75 Å². The van der Waals surface area contributed by atoms with E-state index in [1.165, 1.54) is 0 Å². The summed E-state index contributed by atoms with van der Waals surface area (Å²) in [6, 6.07) is 13.1. The second-order valence-electron chi connectivity index (χ2n) is 6.31. The molecule has 3 aromatic rings. The van der Waals surface area contributed by atoms with E-state index in [0.29, 0.717) is 36.0 Å². The number of carbonyl (C=O) groups excluding carboxylic acids is 1. The Hall–Kier alpha value is -2.63. The van der Waals surface area contributed by atoms with Crippen molar-refractivity contribution in [2.24, 2.45) is 5.73 Å². The van der Waals surface area contributed by atoms with E-state index in [9.17, 15) is 4.79 Å². The summed E-state index contributed by atoms with van der Waals surface area (Å²) in [5, 5.41) is 2.56. The maximum atomic E-state index is 12.8. The van der Waals surface area contributed by atoms with E-state index in [4.69, 9.17) is 22.1 Å². The topological polar surface area (TPSA) is 68.5 Å². The van der Waals surface area contributed by atoms with Crippen molar-refractivity contribution in [3.8, 4) is 5.75 Å². The van der Waals surface area contributed by atoms with E-state index in [2.05, 4.69) is 4.98 Å². The van der Waals surface area contributed by atoms with Crippen LogP contribution in [0, 0.1) is 0 Å². The van der Waals surface area contributed by atoms with Crippen molar-refractivity contribution < 1.29 is 9.53 Å². The first-order chi connectivity index (χ1) is 13.1. The van der Waals surface area contributed by atoms with Gasteiger partial charge in [0.15, 0.2) is 0 Å². The Morgan fingerprint density at radius 2 is 2.11 bits per heavy atom. The van der Waals surface area contributed by atoms with Crippen LogP contribution >= 0.6 is 11.6 Å². The first-order valence-corrected chi connectivity index (χ1v) is 9.17. The van der Waals surface area contributed by atoms with Crippen LogP contribution in [0.25, 0.3) is 10.8 Å². The minimum atomic E-state index is -0.100. The van der Waals surface area contributed by atoms with Gasteiger partial charge in [0.1, 0.15) is 5.75 Å². The van der Waals surface area contributed by atoms with Gasteiger partial charge in [0.2, 0.25) is 0 Å². The SMILES string of the molecule is CN(Cc1cccc2cnccc12)C(=O)c1ccc(OCCCN)c(Cl)c1. The number of pyridine rings is 1. The molecule has 3 rings (SSSR count). The molecule has 0 aliphatic carbocycles. The summed E-state index contributed by atoms with van der Waals surface area (Å²) in [5.41, 5.74) is 7.05. The van der Waals surface area contributed by atoms with Crippen LogP contribution in [0.1, 0.15) is 22.3 Å². The lowest BCUT2D eigenvalue weighted by Crippen LogP contribution is -2.26. The maximum absolute atomic E-state index is 12.8. The number of ether oxygens (including phenoxy) is 1. The van der Waals surface area contributed by atoms with E-state index in [1.54, 1.807) is 36.3 Å². The molecular weight excluding hydrogens is 362 g/mol. The largest absolute Gasteiger partial charge is 0.492 e. The zero-order valence-corrected chi connectivity index (χ0v) is 15.9. The van der Waals surface area contributed by atoms with E-state index >= 15 is 0 Å². The van der Waals surface area contributed by atoms with E-state index < -0.39 is 0 Å². The minimum Gasteiger partial charge on any atom is -0.492 e. The summed E-state index contributed by atoms with van der Waals surface area (Å²) < 4.78 is 5.57. The minimum absolute atomic E-state index is 0.100. The van der Waals surface area contributed by atoms with Crippen LogP contribution in [0.3, 0.4) is 0 Å². The molecule has 1 aromatic heterocycles. The molecule has 27 heavy (non-hydrogen) atoms. The number of nitrogens with zero attached hydrogens (tertiary/aromatic N) is 2. The second kappa shape index (κ2) is 8.84. The van der Waals surface area contributed by atoms with Gasteiger partial charge in [-0.15, -0.1) is 0 Å². The number of fused-ring (bicyclic) bond motifs is 1. The van der Waals surface area contributed by atoms with Crippen LogP contribution in [0.4, 0.5) is 0 Å². The van der Waals surface area contributed by atoms with Crippen molar-refractivity contribution in [2.45, 2.75) is 13.0 Å². The summed E-state index contributed by atoms with van der Waals surface area (Å²) in [5.74, 6) is 0.461. The number of hydrogen-bond donors (Lipinski definition) is 1. The highest BCUT2D eigenvalue weighted by Gasteiger charge is 2.15. The molecule has 2 N–H and O–H groups in total. The standard InChI is InChI=1S/C21H22ClN3O2/c1-25(14-17-5-2-4-16-13-24-10-8-18(16)17)21(26)15-6-7-20(19(22)12-15)27-11-3-9-23/h2,4-8,10,12-13H,3,9,11,14,23H2,1H3. The number of amides is 1. The van der Waals surface area contributed by atoms with Crippen LogP contribution in [0.2, 0.25) is 5.02 Å². The van der Waals surface area contributed by atoms with E-state index in [0.717, 1.165) is 22.8 Å². The number of aromatic nitrogens is 1. The van der Waals surface area contributed by atoms with Gasteiger partial charge in [-0.25, -0.2) is 0 Å². The molecular formula is C21H22ClN3O2.